The molecule has 0 bridgehead atoms. The van der Waals surface area contributed by atoms with Crippen molar-refractivity contribution in [1.29, 1.82) is 0 Å². The lowest BCUT2D eigenvalue weighted by Gasteiger charge is -2.14. The van der Waals surface area contributed by atoms with Gasteiger partial charge in [-0.15, -0.1) is 0 Å². The van der Waals surface area contributed by atoms with Crippen LogP contribution in [0.25, 0.3) is 0 Å². The van der Waals surface area contributed by atoms with Crippen molar-refractivity contribution >= 4 is 0 Å². The predicted molar refractivity (Wildman–Crippen MR) is 53.6 cm³/mol. The average Bonchev–Trinajstić information content (AvgIpc) is 2.93. The number of rotatable bonds is 3. The van der Waals surface area contributed by atoms with Gasteiger partial charge in [0.25, 0.3) is 0 Å². The molecule has 1 fully saturated rings. The van der Waals surface area contributed by atoms with Crippen molar-refractivity contribution in [2.24, 2.45) is 5.92 Å². The van der Waals surface area contributed by atoms with E-state index in [0.29, 0.717) is 5.92 Å². The maximum absolute atomic E-state index is 13.0. The topological polar surface area (TPSA) is 20.2 Å². The van der Waals surface area contributed by atoms with Crippen LogP contribution >= 0.6 is 0 Å². The maximum atomic E-state index is 13.0. The molecule has 2 rings (SSSR count). The molecular formula is C12H15FO. The second-order valence-electron chi connectivity index (χ2n) is 4.13. The highest BCUT2D eigenvalue weighted by molar-refractivity contribution is 5.34. The van der Waals surface area contributed by atoms with Gasteiger partial charge in [-0.25, -0.2) is 4.39 Å². The van der Waals surface area contributed by atoms with Crippen LogP contribution in [0.1, 0.15) is 25.3 Å². The molecule has 1 aromatic rings. The Morgan fingerprint density at radius 2 is 2.36 bits per heavy atom. The first-order valence-electron chi connectivity index (χ1n) is 5.10. The number of hydrogen-bond donors (Lipinski definition) is 1. The Morgan fingerprint density at radius 3 is 2.86 bits per heavy atom. The van der Waals surface area contributed by atoms with Gasteiger partial charge in [-0.05, 0) is 30.0 Å². The van der Waals surface area contributed by atoms with Gasteiger partial charge >= 0.3 is 0 Å². The fraction of sp³-hybridized carbons (Fsp3) is 0.500. The zero-order valence-corrected chi connectivity index (χ0v) is 8.33. The van der Waals surface area contributed by atoms with E-state index >= 15 is 0 Å². The zero-order chi connectivity index (χ0) is 10.2. The largest absolute Gasteiger partial charge is 0.395 e. The normalized spacial score (nSPS) is 30.4. The molecule has 1 nitrogen and oxygen atoms in total. The molecule has 1 aliphatic rings. The van der Waals surface area contributed by atoms with Gasteiger partial charge in [-0.2, -0.15) is 0 Å². The molecule has 1 saturated carbocycles. The van der Waals surface area contributed by atoms with Crippen LogP contribution in [0.5, 0.6) is 0 Å². The van der Waals surface area contributed by atoms with Crippen LogP contribution in [0.2, 0.25) is 0 Å². The summed E-state index contributed by atoms with van der Waals surface area (Å²) in [5.74, 6) is 0.311. The third-order valence-corrected chi connectivity index (χ3v) is 3.41. The summed E-state index contributed by atoms with van der Waals surface area (Å²) in [6.45, 7) is 2.25. The van der Waals surface area contributed by atoms with Gasteiger partial charge in [0.1, 0.15) is 5.82 Å². The number of aliphatic hydroxyl groups is 1. The summed E-state index contributed by atoms with van der Waals surface area (Å²) in [6, 6.07) is 6.62. The molecule has 1 aliphatic carbocycles. The van der Waals surface area contributed by atoms with Crippen LogP contribution in [0.4, 0.5) is 4.39 Å². The molecular weight excluding hydrogens is 179 g/mol. The number of aliphatic hydroxyl groups excluding tert-OH is 1. The Labute approximate surface area is 83.6 Å². The van der Waals surface area contributed by atoms with E-state index in [-0.39, 0.29) is 17.8 Å². The van der Waals surface area contributed by atoms with Crippen molar-refractivity contribution in [3.8, 4) is 0 Å². The number of benzene rings is 1. The quantitative estimate of drug-likeness (QED) is 0.783. The first kappa shape index (κ1) is 9.66. The molecule has 0 heterocycles. The van der Waals surface area contributed by atoms with E-state index in [1.807, 2.05) is 6.07 Å². The highest BCUT2D eigenvalue weighted by atomic mass is 19.1. The first-order chi connectivity index (χ1) is 6.73. The van der Waals surface area contributed by atoms with Crippen LogP contribution in [-0.4, -0.2) is 11.7 Å². The lowest BCUT2D eigenvalue weighted by molar-refractivity contribution is 0.244. The van der Waals surface area contributed by atoms with Crippen molar-refractivity contribution in [3.63, 3.8) is 0 Å². The molecule has 1 N–H and O–H groups in total. The van der Waals surface area contributed by atoms with Gasteiger partial charge in [0.05, 0.1) is 6.61 Å². The van der Waals surface area contributed by atoms with Gasteiger partial charge in [0.2, 0.25) is 0 Å². The standard InChI is InChI=1S/C12H15FO/c1-2-9-7-12(9,8-14)10-4-3-5-11(13)6-10/h3-6,9,14H,2,7-8H2,1H3/t9-,12+/m1/s1. The van der Waals surface area contributed by atoms with Crippen molar-refractivity contribution in [2.45, 2.75) is 25.2 Å². The second kappa shape index (κ2) is 3.35. The molecule has 0 saturated heterocycles. The van der Waals surface area contributed by atoms with E-state index in [0.717, 1.165) is 18.4 Å². The van der Waals surface area contributed by atoms with Crippen molar-refractivity contribution in [3.05, 3.63) is 35.6 Å². The second-order valence-corrected chi connectivity index (χ2v) is 4.13. The lowest BCUT2D eigenvalue weighted by Crippen LogP contribution is -2.15. The molecule has 2 heteroatoms. The molecule has 0 amide bonds. The van der Waals surface area contributed by atoms with Crippen molar-refractivity contribution in [2.75, 3.05) is 6.61 Å². The molecule has 0 aliphatic heterocycles. The fourth-order valence-corrected chi connectivity index (χ4v) is 2.35. The van der Waals surface area contributed by atoms with E-state index in [9.17, 15) is 9.50 Å². The summed E-state index contributed by atoms with van der Waals surface area (Å²) >= 11 is 0. The summed E-state index contributed by atoms with van der Waals surface area (Å²) in [5, 5.41) is 9.38. The van der Waals surface area contributed by atoms with E-state index in [2.05, 4.69) is 6.92 Å². The van der Waals surface area contributed by atoms with Crippen LogP contribution in [-0.2, 0) is 5.41 Å². The van der Waals surface area contributed by atoms with Gasteiger partial charge in [0, 0.05) is 5.41 Å². The molecule has 0 radical (unpaired) electrons. The third kappa shape index (κ3) is 1.34. The zero-order valence-electron chi connectivity index (χ0n) is 8.33. The van der Waals surface area contributed by atoms with Crippen LogP contribution in [0.15, 0.2) is 24.3 Å². The Balaban J connectivity index is 2.30. The molecule has 76 valence electrons. The van der Waals surface area contributed by atoms with Gasteiger partial charge < -0.3 is 5.11 Å². The minimum Gasteiger partial charge on any atom is -0.395 e. The van der Waals surface area contributed by atoms with Crippen LogP contribution < -0.4 is 0 Å². The van der Waals surface area contributed by atoms with Gasteiger partial charge in [-0.1, -0.05) is 25.5 Å². The Hall–Kier alpha value is -0.890. The minimum absolute atomic E-state index is 0.134. The van der Waals surface area contributed by atoms with E-state index in [1.54, 1.807) is 12.1 Å². The summed E-state index contributed by atoms with van der Waals surface area (Å²) in [6.07, 6.45) is 2.04. The van der Waals surface area contributed by atoms with E-state index in [1.165, 1.54) is 6.07 Å². The van der Waals surface area contributed by atoms with E-state index < -0.39 is 0 Å². The van der Waals surface area contributed by atoms with Gasteiger partial charge in [-0.3, -0.25) is 0 Å². The van der Waals surface area contributed by atoms with E-state index in [4.69, 9.17) is 0 Å². The van der Waals surface area contributed by atoms with Crippen LogP contribution in [0.3, 0.4) is 0 Å². The average molecular weight is 194 g/mol. The monoisotopic (exact) mass is 194 g/mol. The fourth-order valence-electron chi connectivity index (χ4n) is 2.35. The highest BCUT2D eigenvalue weighted by Gasteiger charge is 2.53. The highest BCUT2D eigenvalue weighted by Crippen LogP contribution is 2.55. The first-order valence-corrected chi connectivity index (χ1v) is 5.10. The molecule has 0 spiro atoms. The van der Waals surface area contributed by atoms with Gasteiger partial charge in [0.15, 0.2) is 0 Å². The smallest absolute Gasteiger partial charge is 0.123 e. The van der Waals surface area contributed by atoms with Crippen molar-refractivity contribution < 1.29 is 9.50 Å². The lowest BCUT2D eigenvalue weighted by atomic mass is 9.93. The van der Waals surface area contributed by atoms with Crippen LogP contribution in [0, 0.1) is 11.7 Å². The Kier molecular flexibility index (Phi) is 2.31. The molecule has 0 aromatic heterocycles. The number of halogens is 1. The minimum atomic E-state index is -0.211. The van der Waals surface area contributed by atoms with Crippen molar-refractivity contribution in [1.82, 2.24) is 0 Å². The molecule has 2 atom stereocenters. The summed E-state index contributed by atoms with van der Waals surface area (Å²) in [5.41, 5.74) is 0.809. The molecule has 14 heavy (non-hydrogen) atoms. The summed E-state index contributed by atoms with van der Waals surface area (Å²) < 4.78 is 13.0. The molecule has 0 unspecified atom stereocenters. The SMILES string of the molecule is CC[C@@H]1C[C@@]1(CO)c1cccc(F)c1. The predicted octanol–water partition coefficient (Wildman–Crippen LogP) is 2.49. The Bertz CT molecular complexity index is 337. The summed E-state index contributed by atoms with van der Waals surface area (Å²) in [4.78, 5) is 0. The third-order valence-electron chi connectivity index (χ3n) is 3.41. The number of hydrogen-bond acceptors (Lipinski definition) is 1. The Morgan fingerprint density at radius 1 is 1.57 bits per heavy atom. The maximum Gasteiger partial charge on any atom is 0.123 e. The summed E-state index contributed by atoms with van der Waals surface area (Å²) in [7, 11) is 0. The molecule has 1 aromatic carbocycles.